The summed E-state index contributed by atoms with van der Waals surface area (Å²) in [6.07, 6.45) is 0. The van der Waals surface area contributed by atoms with Gasteiger partial charge in [-0.3, -0.25) is 9.59 Å². The fourth-order valence-electron chi connectivity index (χ4n) is 2.46. The quantitative estimate of drug-likeness (QED) is 0.768. The number of amides is 1. The van der Waals surface area contributed by atoms with E-state index in [-0.39, 0.29) is 23.7 Å². The lowest BCUT2D eigenvalue weighted by atomic mass is 10.1. The summed E-state index contributed by atoms with van der Waals surface area (Å²) in [7, 11) is 0. The molecule has 0 bridgehead atoms. The number of nitrogens with one attached hydrogen (secondary N) is 1. The van der Waals surface area contributed by atoms with Gasteiger partial charge in [0.25, 0.3) is 11.5 Å². The van der Waals surface area contributed by atoms with Crippen molar-refractivity contribution in [1.82, 2.24) is 15.1 Å². The topological polar surface area (TPSA) is 87.8 Å². The summed E-state index contributed by atoms with van der Waals surface area (Å²) < 4.78 is 1.26. The van der Waals surface area contributed by atoms with Gasteiger partial charge in [0.15, 0.2) is 0 Å². The maximum Gasteiger partial charge on any atom is 0.271 e. The van der Waals surface area contributed by atoms with E-state index in [1.165, 1.54) is 16.8 Å². The Labute approximate surface area is 150 Å². The van der Waals surface area contributed by atoms with Crippen LogP contribution in [-0.4, -0.2) is 15.7 Å². The number of benzene rings is 2. The van der Waals surface area contributed by atoms with Crippen LogP contribution in [0.2, 0.25) is 0 Å². The summed E-state index contributed by atoms with van der Waals surface area (Å²) in [6.45, 7) is 0.568. The Hall–Kier alpha value is -3.72. The van der Waals surface area contributed by atoms with Gasteiger partial charge in [-0.2, -0.15) is 10.4 Å². The maximum absolute atomic E-state index is 12.3. The van der Waals surface area contributed by atoms with Crippen LogP contribution in [0.4, 0.5) is 0 Å². The van der Waals surface area contributed by atoms with E-state index in [4.69, 9.17) is 5.26 Å². The van der Waals surface area contributed by atoms with E-state index >= 15 is 0 Å². The second kappa shape index (κ2) is 7.90. The highest BCUT2D eigenvalue weighted by Crippen LogP contribution is 2.04. The Bertz CT molecular complexity index is 1020. The van der Waals surface area contributed by atoms with E-state index in [1.807, 2.05) is 36.4 Å². The van der Waals surface area contributed by atoms with Gasteiger partial charge in [-0.25, -0.2) is 4.68 Å². The summed E-state index contributed by atoms with van der Waals surface area (Å²) in [5, 5.41) is 15.8. The Balaban J connectivity index is 1.72. The van der Waals surface area contributed by atoms with Gasteiger partial charge in [-0.15, -0.1) is 0 Å². The third-order valence-electron chi connectivity index (χ3n) is 3.78. The first-order chi connectivity index (χ1) is 12.7. The van der Waals surface area contributed by atoms with Crippen molar-refractivity contribution in [3.8, 4) is 6.07 Å². The lowest BCUT2D eigenvalue weighted by molar-refractivity contribution is 0.0943. The number of carbonyl (C=O) groups excluding carboxylic acids is 1. The number of hydrogen-bond acceptors (Lipinski definition) is 4. The van der Waals surface area contributed by atoms with Gasteiger partial charge in [-0.05, 0) is 29.3 Å². The lowest BCUT2D eigenvalue weighted by Gasteiger charge is -2.08. The van der Waals surface area contributed by atoms with Crippen LogP contribution in [-0.2, 0) is 13.1 Å². The second-order valence-corrected chi connectivity index (χ2v) is 5.69. The monoisotopic (exact) mass is 344 g/mol. The average Bonchev–Trinajstić information content (AvgIpc) is 2.69. The third-order valence-corrected chi connectivity index (χ3v) is 3.78. The van der Waals surface area contributed by atoms with Gasteiger partial charge in [0.05, 0.1) is 18.2 Å². The predicted octanol–water partition coefficient (Wildman–Crippen LogP) is 2.09. The summed E-state index contributed by atoms with van der Waals surface area (Å²) in [5.41, 5.74) is 2.17. The van der Waals surface area contributed by atoms with E-state index in [0.717, 1.165) is 11.1 Å². The fourth-order valence-corrected chi connectivity index (χ4v) is 2.46. The zero-order chi connectivity index (χ0) is 18.4. The van der Waals surface area contributed by atoms with Crippen LogP contribution >= 0.6 is 0 Å². The minimum atomic E-state index is -0.380. The minimum Gasteiger partial charge on any atom is -0.347 e. The van der Waals surface area contributed by atoms with Crippen LogP contribution in [0.15, 0.2) is 71.5 Å². The fraction of sp³-hybridized carbons (Fsp3) is 0.100. The first-order valence-corrected chi connectivity index (χ1v) is 8.05. The molecule has 6 nitrogen and oxygen atoms in total. The summed E-state index contributed by atoms with van der Waals surface area (Å²) >= 11 is 0. The zero-order valence-corrected chi connectivity index (χ0v) is 13.9. The molecule has 128 valence electrons. The molecule has 0 aliphatic rings. The maximum atomic E-state index is 12.3. The van der Waals surface area contributed by atoms with Crippen LogP contribution in [0.1, 0.15) is 27.2 Å². The predicted molar refractivity (Wildman–Crippen MR) is 96.4 cm³/mol. The molecule has 0 unspecified atom stereocenters. The number of aromatic nitrogens is 2. The lowest BCUT2D eigenvalue weighted by Crippen LogP contribution is -2.29. The first kappa shape index (κ1) is 17.1. The molecule has 3 aromatic rings. The van der Waals surface area contributed by atoms with E-state index < -0.39 is 0 Å². The number of rotatable bonds is 5. The molecule has 0 saturated carbocycles. The molecule has 1 N–H and O–H groups in total. The zero-order valence-electron chi connectivity index (χ0n) is 13.9. The van der Waals surface area contributed by atoms with Crippen LogP contribution in [0.25, 0.3) is 0 Å². The molecule has 2 aromatic carbocycles. The van der Waals surface area contributed by atoms with Crippen LogP contribution in [0.5, 0.6) is 0 Å². The smallest absolute Gasteiger partial charge is 0.271 e. The molecule has 1 heterocycles. The molecular weight excluding hydrogens is 328 g/mol. The van der Waals surface area contributed by atoms with Gasteiger partial charge in [0, 0.05) is 12.6 Å². The van der Waals surface area contributed by atoms with Crippen LogP contribution in [0.3, 0.4) is 0 Å². The highest BCUT2D eigenvalue weighted by molar-refractivity contribution is 5.91. The molecular formula is C20H16N4O2. The first-order valence-electron chi connectivity index (χ1n) is 8.05. The van der Waals surface area contributed by atoms with Crippen molar-refractivity contribution >= 4 is 5.91 Å². The van der Waals surface area contributed by atoms with Crippen molar-refractivity contribution in [1.29, 1.82) is 5.26 Å². The van der Waals surface area contributed by atoms with Crippen LogP contribution < -0.4 is 10.9 Å². The molecule has 0 aliphatic heterocycles. The van der Waals surface area contributed by atoms with E-state index in [1.54, 1.807) is 18.2 Å². The summed E-state index contributed by atoms with van der Waals surface area (Å²) in [5.74, 6) is -0.380. The number of nitrogens with zero attached hydrogens (tertiary/aromatic N) is 3. The van der Waals surface area contributed by atoms with Gasteiger partial charge in [0.2, 0.25) is 0 Å². The average molecular weight is 344 g/mol. The molecule has 3 rings (SSSR count). The Morgan fingerprint density at radius 1 is 1.04 bits per heavy atom. The van der Waals surface area contributed by atoms with Crippen molar-refractivity contribution in [3.63, 3.8) is 0 Å². The number of carbonyl (C=O) groups is 1. The van der Waals surface area contributed by atoms with Crippen molar-refractivity contribution in [2.45, 2.75) is 13.1 Å². The Kier molecular flexibility index (Phi) is 5.20. The highest BCUT2D eigenvalue weighted by atomic mass is 16.2. The second-order valence-electron chi connectivity index (χ2n) is 5.69. The van der Waals surface area contributed by atoms with Crippen molar-refractivity contribution < 1.29 is 4.79 Å². The molecule has 0 spiro atoms. The molecule has 0 radical (unpaired) electrons. The number of nitriles is 1. The SMILES string of the molecule is N#Cc1cccc(CNC(=O)c2ccc(=O)n(Cc3ccccc3)n2)c1. The van der Waals surface area contributed by atoms with E-state index in [2.05, 4.69) is 16.5 Å². The molecule has 0 aliphatic carbocycles. The molecule has 6 heteroatoms. The van der Waals surface area contributed by atoms with Crippen molar-refractivity contribution in [2.75, 3.05) is 0 Å². The number of hydrogen-bond donors (Lipinski definition) is 1. The molecule has 1 aromatic heterocycles. The Morgan fingerprint density at radius 2 is 1.81 bits per heavy atom. The minimum absolute atomic E-state index is 0.164. The van der Waals surface area contributed by atoms with Gasteiger partial charge < -0.3 is 5.32 Å². The molecule has 0 atom stereocenters. The van der Waals surface area contributed by atoms with Crippen molar-refractivity contribution in [2.24, 2.45) is 0 Å². The molecule has 0 saturated heterocycles. The van der Waals surface area contributed by atoms with Gasteiger partial charge in [-0.1, -0.05) is 42.5 Å². The Morgan fingerprint density at radius 3 is 2.58 bits per heavy atom. The highest BCUT2D eigenvalue weighted by Gasteiger charge is 2.10. The third kappa shape index (κ3) is 4.22. The summed E-state index contributed by atoms with van der Waals surface area (Å²) in [4.78, 5) is 24.3. The van der Waals surface area contributed by atoms with Crippen molar-refractivity contribution in [3.05, 3.63) is 99.5 Å². The standard InChI is InChI=1S/C20H16N4O2/c21-12-16-7-4-8-17(11-16)13-22-20(26)18-9-10-19(25)24(23-18)14-15-5-2-1-3-6-15/h1-11H,13-14H2,(H,22,26). The van der Waals surface area contributed by atoms with E-state index in [9.17, 15) is 9.59 Å². The largest absolute Gasteiger partial charge is 0.347 e. The van der Waals surface area contributed by atoms with Crippen LogP contribution in [0, 0.1) is 11.3 Å². The molecule has 1 amide bonds. The normalized spacial score (nSPS) is 10.1. The van der Waals surface area contributed by atoms with Gasteiger partial charge in [0.1, 0.15) is 5.69 Å². The molecule has 26 heavy (non-hydrogen) atoms. The van der Waals surface area contributed by atoms with Gasteiger partial charge >= 0.3 is 0 Å². The molecule has 0 fully saturated rings. The van der Waals surface area contributed by atoms with E-state index in [0.29, 0.717) is 12.1 Å². The summed E-state index contributed by atoms with van der Waals surface area (Å²) in [6, 6.07) is 21.2.